The van der Waals surface area contributed by atoms with Crippen LogP contribution in [-0.2, 0) is 11.4 Å². The third-order valence-corrected chi connectivity index (χ3v) is 5.05. The zero-order valence-corrected chi connectivity index (χ0v) is 17.7. The fourth-order valence-electron chi connectivity index (χ4n) is 3.19. The van der Waals surface area contributed by atoms with Crippen LogP contribution in [0.1, 0.15) is 11.1 Å². The number of carbonyl (C=O) groups is 2. The Labute approximate surface area is 188 Å². The largest absolute Gasteiger partial charge is 0.493 e. The van der Waals surface area contributed by atoms with Crippen molar-refractivity contribution in [1.82, 2.24) is 5.32 Å². The van der Waals surface area contributed by atoms with Gasteiger partial charge < -0.3 is 14.8 Å². The van der Waals surface area contributed by atoms with Crippen LogP contribution in [0, 0.1) is 5.82 Å². The number of methoxy groups -OCH3 is 1. The summed E-state index contributed by atoms with van der Waals surface area (Å²) in [7, 11) is 1.48. The number of imide groups is 1. The van der Waals surface area contributed by atoms with Crippen molar-refractivity contribution in [2.24, 2.45) is 0 Å². The van der Waals surface area contributed by atoms with Crippen LogP contribution in [-0.4, -0.2) is 19.0 Å². The minimum Gasteiger partial charge on any atom is -0.493 e. The smallest absolute Gasteiger partial charge is 0.333 e. The van der Waals surface area contributed by atoms with Gasteiger partial charge in [-0.2, -0.15) is 0 Å². The van der Waals surface area contributed by atoms with Crippen molar-refractivity contribution in [3.05, 3.63) is 94.4 Å². The summed E-state index contributed by atoms with van der Waals surface area (Å²) in [5.74, 6) is -0.0192. The van der Waals surface area contributed by atoms with E-state index in [2.05, 4.69) is 5.32 Å². The number of anilines is 1. The zero-order chi connectivity index (χ0) is 22.7. The zero-order valence-electron chi connectivity index (χ0n) is 17.0. The van der Waals surface area contributed by atoms with E-state index in [1.807, 2.05) is 0 Å². The van der Waals surface area contributed by atoms with E-state index in [0.29, 0.717) is 33.3 Å². The van der Waals surface area contributed by atoms with Crippen LogP contribution in [0.15, 0.2) is 72.4 Å². The molecule has 1 N–H and O–H groups in total. The predicted octanol–water partition coefficient (Wildman–Crippen LogP) is 5.16. The number of carbonyl (C=O) groups excluding carboxylic acids is 2. The normalized spacial score (nSPS) is 14.6. The summed E-state index contributed by atoms with van der Waals surface area (Å²) >= 11 is 5.88. The van der Waals surface area contributed by atoms with Crippen molar-refractivity contribution in [1.29, 1.82) is 0 Å². The molecule has 3 amide bonds. The molecule has 0 bridgehead atoms. The number of ether oxygens (including phenoxy) is 2. The minimum atomic E-state index is -0.555. The molecule has 0 radical (unpaired) electrons. The summed E-state index contributed by atoms with van der Waals surface area (Å²) in [6.07, 6.45) is 1.54. The number of nitrogens with one attached hydrogen (secondary N) is 1. The Morgan fingerprint density at radius 2 is 1.78 bits per heavy atom. The summed E-state index contributed by atoms with van der Waals surface area (Å²) in [4.78, 5) is 26.1. The Balaban J connectivity index is 1.53. The lowest BCUT2D eigenvalue weighted by Gasteiger charge is -2.12. The van der Waals surface area contributed by atoms with Gasteiger partial charge in [0.15, 0.2) is 11.5 Å². The molecule has 8 heteroatoms. The summed E-state index contributed by atoms with van der Waals surface area (Å²) in [5, 5.41) is 3.07. The Hall–Kier alpha value is -3.84. The number of rotatable bonds is 6. The third-order valence-electron chi connectivity index (χ3n) is 4.80. The monoisotopic (exact) mass is 452 g/mol. The average molecular weight is 453 g/mol. The second-order valence-electron chi connectivity index (χ2n) is 6.90. The Morgan fingerprint density at radius 1 is 1.03 bits per heavy atom. The van der Waals surface area contributed by atoms with Crippen molar-refractivity contribution in [3.63, 3.8) is 0 Å². The maximum Gasteiger partial charge on any atom is 0.333 e. The lowest BCUT2D eigenvalue weighted by Crippen LogP contribution is -2.30. The first-order chi connectivity index (χ1) is 15.5. The van der Waals surface area contributed by atoms with E-state index in [4.69, 9.17) is 21.1 Å². The number of hydrogen-bond donors (Lipinski definition) is 1. The van der Waals surface area contributed by atoms with Crippen LogP contribution in [0.4, 0.5) is 14.9 Å². The lowest BCUT2D eigenvalue weighted by molar-refractivity contribution is -0.113. The van der Waals surface area contributed by atoms with Gasteiger partial charge in [-0.3, -0.25) is 4.79 Å². The molecule has 3 aromatic rings. The highest BCUT2D eigenvalue weighted by atomic mass is 35.5. The number of urea groups is 1. The first-order valence-electron chi connectivity index (χ1n) is 9.63. The molecule has 0 aromatic heterocycles. The first-order valence-corrected chi connectivity index (χ1v) is 10.0. The van der Waals surface area contributed by atoms with Gasteiger partial charge in [-0.25, -0.2) is 14.1 Å². The van der Waals surface area contributed by atoms with Crippen LogP contribution in [0.3, 0.4) is 0 Å². The minimum absolute atomic E-state index is 0.0358. The van der Waals surface area contributed by atoms with Crippen molar-refractivity contribution in [2.75, 3.05) is 12.0 Å². The van der Waals surface area contributed by atoms with E-state index < -0.39 is 11.9 Å². The summed E-state index contributed by atoms with van der Waals surface area (Å²) < 4.78 is 24.9. The van der Waals surface area contributed by atoms with Gasteiger partial charge in [0.25, 0.3) is 5.91 Å². The molecule has 0 unspecified atom stereocenters. The fraction of sp³-hybridized carbons (Fsp3) is 0.0833. The fourth-order valence-corrected chi connectivity index (χ4v) is 3.32. The maximum absolute atomic E-state index is 13.8. The molecule has 1 aliphatic rings. The number of amides is 3. The number of nitrogens with zero attached hydrogens (tertiary/aromatic N) is 1. The summed E-state index contributed by atoms with van der Waals surface area (Å²) in [6, 6.07) is 17.2. The molecule has 1 fully saturated rings. The van der Waals surface area contributed by atoms with Gasteiger partial charge >= 0.3 is 6.03 Å². The van der Waals surface area contributed by atoms with Gasteiger partial charge in [0, 0.05) is 10.6 Å². The Morgan fingerprint density at radius 3 is 2.50 bits per heavy atom. The molecule has 3 aromatic carbocycles. The maximum atomic E-state index is 13.8. The molecule has 0 spiro atoms. The van der Waals surface area contributed by atoms with Crippen LogP contribution in [0.2, 0.25) is 5.02 Å². The summed E-state index contributed by atoms with van der Waals surface area (Å²) in [5.41, 5.74) is 1.56. The molecular weight excluding hydrogens is 435 g/mol. The van der Waals surface area contributed by atoms with Gasteiger partial charge in [0.05, 0.1) is 12.8 Å². The number of hydrogen-bond acceptors (Lipinski definition) is 4. The molecule has 162 valence electrons. The molecule has 1 aliphatic heterocycles. The Kier molecular flexibility index (Phi) is 6.09. The molecular formula is C24H18ClFN2O4. The highest BCUT2D eigenvalue weighted by Crippen LogP contribution is 2.31. The number of halogens is 2. The van der Waals surface area contributed by atoms with E-state index in [9.17, 15) is 14.0 Å². The van der Waals surface area contributed by atoms with Crippen molar-refractivity contribution < 1.29 is 23.5 Å². The molecule has 1 heterocycles. The van der Waals surface area contributed by atoms with E-state index in [-0.39, 0.29) is 18.1 Å². The van der Waals surface area contributed by atoms with Crippen LogP contribution >= 0.6 is 11.6 Å². The predicted molar refractivity (Wildman–Crippen MR) is 119 cm³/mol. The SMILES string of the molecule is COc1cc(/C=C2/NC(=O)N(c3ccc(Cl)cc3)C2=O)ccc1OCc1ccccc1F. The highest BCUT2D eigenvalue weighted by Gasteiger charge is 2.34. The van der Waals surface area contributed by atoms with E-state index in [1.54, 1.807) is 66.7 Å². The number of benzene rings is 3. The molecule has 0 saturated carbocycles. The molecule has 1 saturated heterocycles. The van der Waals surface area contributed by atoms with Gasteiger partial charge in [-0.05, 0) is 54.1 Å². The first kappa shape index (κ1) is 21.4. The van der Waals surface area contributed by atoms with Crippen LogP contribution in [0.5, 0.6) is 11.5 Å². The second kappa shape index (κ2) is 9.11. The molecule has 0 atom stereocenters. The van der Waals surface area contributed by atoms with Crippen molar-refractivity contribution in [3.8, 4) is 11.5 Å². The van der Waals surface area contributed by atoms with E-state index >= 15 is 0 Å². The standard InChI is InChI=1S/C24H18ClFN2O4/c1-31-22-13-15(6-11-21(22)32-14-16-4-2-3-5-19(16)26)12-20-23(29)28(24(30)27-20)18-9-7-17(25)8-10-18/h2-13H,14H2,1H3,(H,27,30)/b20-12+. The van der Waals surface area contributed by atoms with Gasteiger partial charge in [0.2, 0.25) is 0 Å². The van der Waals surface area contributed by atoms with Crippen molar-refractivity contribution >= 4 is 35.3 Å². The molecule has 4 rings (SSSR count). The molecule has 6 nitrogen and oxygen atoms in total. The third kappa shape index (κ3) is 4.43. The average Bonchev–Trinajstić information content (AvgIpc) is 3.07. The van der Waals surface area contributed by atoms with E-state index in [1.165, 1.54) is 13.2 Å². The van der Waals surface area contributed by atoms with Crippen molar-refractivity contribution in [2.45, 2.75) is 6.61 Å². The van der Waals surface area contributed by atoms with Crippen LogP contribution in [0.25, 0.3) is 6.08 Å². The Bertz CT molecular complexity index is 1210. The molecule has 32 heavy (non-hydrogen) atoms. The lowest BCUT2D eigenvalue weighted by atomic mass is 10.1. The van der Waals surface area contributed by atoms with Gasteiger partial charge in [-0.1, -0.05) is 35.9 Å². The summed E-state index contributed by atoms with van der Waals surface area (Å²) in [6.45, 7) is 0.0358. The highest BCUT2D eigenvalue weighted by molar-refractivity contribution is 6.31. The molecule has 0 aliphatic carbocycles. The van der Waals surface area contributed by atoms with Gasteiger partial charge in [-0.15, -0.1) is 0 Å². The van der Waals surface area contributed by atoms with E-state index in [0.717, 1.165) is 4.90 Å². The van der Waals surface area contributed by atoms with Crippen LogP contribution < -0.4 is 19.7 Å². The van der Waals surface area contributed by atoms with Gasteiger partial charge in [0.1, 0.15) is 18.1 Å². The second-order valence-corrected chi connectivity index (χ2v) is 7.33. The quantitative estimate of drug-likeness (QED) is 0.414. The topological polar surface area (TPSA) is 67.9 Å².